The molecule has 0 spiro atoms. The first-order valence-corrected chi connectivity index (χ1v) is 16.3. The number of ether oxygens (including phenoxy) is 2. The van der Waals surface area contributed by atoms with Crippen LogP contribution in [0.25, 0.3) is 11.1 Å². The quantitative estimate of drug-likeness (QED) is 0.156. The summed E-state index contributed by atoms with van der Waals surface area (Å²) in [6, 6.07) is 48.3. The molecule has 2 N–H and O–H groups in total. The lowest BCUT2D eigenvalue weighted by Gasteiger charge is -2.34. The van der Waals surface area contributed by atoms with E-state index in [1.54, 1.807) is 0 Å². The predicted molar refractivity (Wildman–Crippen MR) is 194 cm³/mol. The summed E-state index contributed by atoms with van der Waals surface area (Å²) in [5.41, 5.74) is 9.69. The van der Waals surface area contributed by atoms with Crippen molar-refractivity contribution in [2.75, 3.05) is 23.8 Å². The largest absolute Gasteiger partial charge is 0.484 e. The molecule has 6 aromatic rings. The van der Waals surface area contributed by atoms with E-state index in [1.165, 1.54) is 22.3 Å². The summed E-state index contributed by atoms with van der Waals surface area (Å²) in [7, 11) is 0. The molecular formula is C43H36N2O4. The van der Waals surface area contributed by atoms with Crippen LogP contribution in [0.2, 0.25) is 0 Å². The van der Waals surface area contributed by atoms with E-state index < -0.39 is 5.41 Å². The zero-order chi connectivity index (χ0) is 33.8. The Labute approximate surface area is 286 Å². The summed E-state index contributed by atoms with van der Waals surface area (Å²) in [5.74, 6) is 0.851. The van der Waals surface area contributed by atoms with E-state index in [2.05, 4.69) is 83.4 Å². The first-order valence-electron chi connectivity index (χ1n) is 16.3. The number of hydrogen-bond acceptors (Lipinski definition) is 4. The highest BCUT2D eigenvalue weighted by atomic mass is 16.5. The number of anilines is 2. The van der Waals surface area contributed by atoms with Gasteiger partial charge in [0.25, 0.3) is 11.8 Å². The van der Waals surface area contributed by atoms with Crippen LogP contribution in [0.3, 0.4) is 0 Å². The molecule has 1 aliphatic rings. The van der Waals surface area contributed by atoms with Gasteiger partial charge < -0.3 is 20.1 Å². The third-order valence-electron chi connectivity index (χ3n) is 8.87. The fourth-order valence-electron chi connectivity index (χ4n) is 6.73. The molecule has 0 aromatic heterocycles. The molecule has 0 saturated heterocycles. The van der Waals surface area contributed by atoms with Gasteiger partial charge in [0.05, 0.1) is 5.41 Å². The zero-order valence-corrected chi connectivity index (χ0v) is 27.4. The molecule has 0 atom stereocenters. The van der Waals surface area contributed by atoms with Crippen molar-refractivity contribution in [1.82, 2.24) is 0 Å². The second-order valence-corrected chi connectivity index (χ2v) is 12.3. The van der Waals surface area contributed by atoms with Gasteiger partial charge in [-0.2, -0.15) is 0 Å². The Morgan fingerprint density at radius 1 is 0.510 bits per heavy atom. The van der Waals surface area contributed by atoms with Crippen LogP contribution in [-0.4, -0.2) is 25.0 Å². The number of carbonyl (C=O) groups excluding carboxylic acids is 2. The van der Waals surface area contributed by atoms with Crippen molar-refractivity contribution < 1.29 is 19.1 Å². The Bertz CT molecular complexity index is 1980. The first kappa shape index (κ1) is 31.5. The molecule has 0 unspecified atom stereocenters. The Morgan fingerprint density at radius 2 is 0.918 bits per heavy atom. The normalized spacial score (nSPS) is 12.4. The van der Waals surface area contributed by atoms with Crippen molar-refractivity contribution in [3.05, 3.63) is 179 Å². The maximum atomic E-state index is 12.8. The number of hydrogen-bond donors (Lipinski definition) is 2. The zero-order valence-electron chi connectivity index (χ0n) is 27.4. The van der Waals surface area contributed by atoms with Crippen LogP contribution in [-0.2, 0) is 15.0 Å². The third kappa shape index (κ3) is 6.41. The average Bonchev–Trinajstić information content (AvgIpc) is 3.42. The Kier molecular flexibility index (Phi) is 8.69. The monoisotopic (exact) mass is 644 g/mol. The van der Waals surface area contributed by atoms with Gasteiger partial charge in [-0.25, -0.2) is 0 Å². The minimum atomic E-state index is -0.624. The van der Waals surface area contributed by atoms with Crippen LogP contribution in [0.5, 0.6) is 11.5 Å². The van der Waals surface area contributed by atoms with Gasteiger partial charge in [-0.3, -0.25) is 9.59 Å². The topological polar surface area (TPSA) is 76.7 Å². The van der Waals surface area contributed by atoms with E-state index in [1.807, 2.05) is 86.6 Å². The molecule has 6 aromatic carbocycles. The highest BCUT2D eigenvalue weighted by Gasteiger charge is 2.45. The Balaban J connectivity index is 1.16. The molecule has 2 amide bonds. The first-order chi connectivity index (χ1) is 23.9. The van der Waals surface area contributed by atoms with Crippen molar-refractivity contribution in [1.29, 1.82) is 0 Å². The number of aryl methyl sites for hydroxylation is 2. The lowest BCUT2D eigenvalue weighted by Crippen LogP contribution is -2.28. The SMILES string of the molecule is Cc1cccc(OCC(=O)Nc2ccc(C3(c4ccc(NC(=O)COc5cccc(C)c5)cc4)c4ccccc4-c4ccccc43)cc2)c1. The predicted octanol–water partition coefficient (Wildman–Crippen LogP) is 8.70. The summed E-state index contributed by atoms with van der Waals surface area (Å²) in [5, 5.41) is 5.94. The fraction of sp³-hybridized carbons (Fsp3) is 0.116. The van der Waals surface area contributed by atoms with E-state index in [0.29, 0.717) is 22.9 Å². The molecule has 0 bridgehead atoms. The Hall–Kier alpha value is -6.14. The van der Waals surface area contributed by atoms with Crippen molar-refractivity contribution in [2.24, 2.45) is 0 Å². The van der Waals surface area contributed by atoms with E-state index in [4.69, 9.17) is 9.47 Å². The molecule has 7 rings (SSSR count). The lowest BCUT2D eigenvalue weighted by atomic mass is 9.67. The number of nitrogens with one attached hydrogen (secondary N) is 2. The molecular weight excluding hydrogens is 608 g/mol. The van der Waals surface area contributed by atoms with Crippen molar-refractivity contribution >= 4 is 23.2 Å². The van der Waals surface area contributed by atoms with E-state index >= 15 is 0 Å². The second kappa shape index (κ2) is 13.5. The maximum Gasteiger partial charge on any atom is 0.262 e. The molecule has 0 fully saturated rings. The van der Waals surface area contributed by atoms with Crippen molar-refractivity contribution in [3.63, 3.8) is 0 Å². The van der Waals surface area contributed by atoms with Crippen LogP contribution >= 0.6 is 0 Å². The molecule has 0 radical (unpaired) electrons. The van der Waals surface area contributed by atoms with E-state index in [9.17, 15) is 9.59 Å². The summed E-state index contributed by atoms with van der Waals surface area (Å²) >= 11 is 0. The van der Waals surface area contributed by atoms with Crippen LogP contribution in [0.1, 0.15) is 33.4 Å². The minimum Gasteiger partial charge on any atom is -0.484 e. The van der Waals surface area contributed by atoms with Crippen LogP contribution in [0.15, 0.2) is 146 Å². The summed E-state index contributed by atoms with van der Waals surface area (Å²) in [6.07, 6.45) is 0. The highest BCUT2D eigenvalue weighted by Crippen LogP contribution is 2.56. The Morgan fingerprint density at radius 3 is 1.33 bits per heavy atom. The number of amides is 2. The highest BCUT2D eigenvalue weighted by molar-refractivity contribution is 5.93. The van der Waals surface area contributed by atoms with Crippen molar-refractivity contribution in [3.8, 4) is 22.6 Å². The maximum absolute atomic E-state index is 12.8. The van der Waals surface area contributed by atoms with Crippen LogP contribution < -0.4 is 20.1 Å². The summed E-state index contributed by atoms with van der Waals surface area (Å²) in [4.78, 5) is 25.6. The molecule has 1 aliphatic carbocycles. The number of fused-ring (bicyclic) bond motifs is 3. The molecule has 0 aliphatic heterocycles. The molecule has 0 heterocycles. The van der Waals surface area contributed by atoms with E-state index in [0.717, 1.165) is 22.3 Å². The minimum absolute atomic E-state index is 0.0865. The standard InChI is InChI=1S/C43H36N2O4/c1-29-9-7-11-35(25-29)48-27-41(46)44-33-21-17-31(18-22-33)43(39-15-5-3-13-37(39)38-14-4-6-16-40(38)43)32-19-23-34(24-20-32)45-42(47)28-49-36-12-8-10-30(2)26-36/h3-26H,27-28H2,1-2H3,(H,44,46)(H,45,47). The summed E-state index contributed by atoms with van der Waals surface area (Å²) < 4.78 is 11.4. The van der Waals surface area contributed by atoms with Gasteiger partial charge >= 0.3 is 0 Å². The average molecular weight is 645 g/mol. The smallest absolute Gasteiger partial charge is 0.262 e. The fourth-order valence-corrected chi connectivity index (χ4v) is 6.73. The number of carbonyl (C=O) groups is 2. The molecule has 242 valence electrons. The molecule has 49 heavy (non-hydrogen) atoms. The summed E-state index contributed by atoms with van der Waals surface area (Å²) in [6.45, 7) is 3.80. The van der Waals surface area contributed by atoms with Gasteiger partial charge in [0.1, 0.15) is 11.5 Å². The van der Waals surface area contributed by atoms with Crippen molar-refractivity contribution in [2.45, 2.75) is 19.3 Å². The van der Waals surface area contributed by atoms with Gasteiger partial charge in [0.2, 0.25) is 0 Å². The third-order valence-corrected chi connectivity index (χ3v) is 8.87. The second-order valence-electron chi connectivity index (χ2n) is 12.3. The van der Waals surface area contributed by atoms with Crippen LogP contribution in [0, 0.1) is 13.8 Å². The molecule has 6 nitrogen and oxygen atoms in total. The van der Waals surface area contributed by atoms with Gasteiger partial charge in [0, 0.05) is 11.4 Å². The number of rotatable bonds is 10. The van der Waals surface area contributed by atoms with Gasteiger partial charge in [-0.1, -0.05) is 97.1 Å². The van der Waals surface area contributed by atoms with Gasteiger partial charge in [0.15, 0.2) is 13.2 Å². The molecule has 6 heteroatoms. The van der Waals surface area contributed by atoms with Gasteiger partial charge in [-0.15, -0.1) is 0 Å². The molecule has 0 saturated carbocycles. The van der Waals surface area contributed by atoms with Gasteiger partial charge in [-0.05, 0) is 107 Å². The van der Waals surface area contributed by atoms with E-state index in [-0.39, 0.29) is 25.0 Å². The lowest BCUT2D eigenvalue weighted by molar-refractivity contribution is -0.118. The van der Waals surface area contributed by atoms with Crippen LogP contribution in [0.4, 0.5) is 11.4 Å². The number of benzene rings is 6.